The minimum Gasteiger partial charge on any atom is -0.496 e. The molecule has 0 aliphatic heterocycles. The van der Waals surface area contributed by atoms with Gasteiger partial charge < -0.3 is 14.2 Å². The van der Waals surface area contributed by atoms with Crippen molar-refractivity contribution in [1.82, 2.24) is 0 Å². The van der Waals surface area contributed by atoms with Crippen LogP contribution < -0.4 is 14.2 Å². The molecule has 0 heterocycles. The molecule has 0 saturated carbocycles. The highest BCUT2D eigenvalue weighted by Gasteiger charge is 2.13. The fraction of sp³-hybridized carbons (Fsp3) is 0.385. The summed E-state index contributed by atoms with van der Waals surface area (Å²) in [7, 11) is 3.02. The molecule has 0 amide bonds. The Morgan fingerprint density at radius 1 is 1.26 bits per heavy atom. The molecule has 0 aromatic heterocycles. The van der Waals surface area contributed by atoms with Crippen LogP contribution in [-0.2, 0) is 0 Å². The van der Waals surface area contributed by atoms with Gasteiger partial charge in [-0.05, 0) is 13.0 Å². The van der Waals surface area contributed by atoms with Gasteiger partial charge in [-0.15, -0.1) is 0 Å². The summed E-state index contributed by atoms with van der Waals surface area (Å²) in [5, 5.41) is 10.7. The Balaban J connectivity index is 3.33. The Bertz CT molecular complexity index is 496. The average molecular weight is 267 g/mol. The standard InChI is InChI=1S/C13H17NO5/c1-5-19-13-7-10(6-9(2)14(15)16)11(17-3)8-12(13)18-4/h6-8H,5H2,1-4H3/b9-6+. The van der Waals surface area contributed by atoms with Crippen LogP contribution in [0.3, 0.4) is 0 Å². The van der Waals surface area contributed by atoms with Gasteiger partial charge in [-0.3, -0.25) is 10.1 Å². The molecule has 6 nitrogen and oxygen atoms in total. The van der Waals surface area contributed by atoms with E-state index in [1.807, 2.05) is 6.92 Å². The molecule has 0 aliphatic rings. The maximum Gasteiger partial charge on any atom is 0.243 e. The van der Waals surface area contributed by atoms with Crippen LogP contribution in [0, 0.1) is 10.1 Å². The zero-order valence-electron chi connectivity index (χ0n) is 11.4. The maximum atomic E-state index is 10.7. The molecule has 0 saturated heterocycles. The van der Waals surface area contributed by atoms with Crippen LogP contribution in [0.1, 0.15) is 19.4 Å². The Morgan fingerprint density at radius 2 is 1.89 bits per heavy atom. The van der Waals surface area contributed by atoms with E-state index < -0.39 is 4.92 Å². The fourth-order valence-electron chi connectivity index (χ4n) is 1.55. The van der Waals surface area contributed by atoms with E-state index in [9.17, 15) is 10.1 Å². The largest absolute Gasteiger partial charge is 0.496 e. The minimum absolute atomic E-state index is 0.0194. The first-order valence-electron chi connectivity index (χ1n) is 5.75. The lowest BCUT2D eigenvalue weighted by atomic mass is 10.1. The number of allylic oxidation sites excluding steroid dienone is 1. The molecule has 0 N–H and O–H groups in total. The van der Waals surface area contributed by atoms with Gasteiger partial charge in [-0.1, -0.05) is 0 Å². The summed E-state index contributed by atoms with van der Waals surface area (Å²) in [5.74, 6) is 1.53. The normalized spacial score (nSPS) is 11.1. The van der Waals surface area contributed by atoms with Crippen LogP contribution in [0.4, 0.5) is 0 Å². The molecule has 0 spiro atoms. The number of ether oxygens (including phenoxy) is 3. The predicted octanol–water partition coefficient (Wildman–Crippen LogP) is 2.74. The van der Waals surface area contributed by atoms with Crippen molar-refractivity contribution in [3.63, 3.8) is 0 Å². The number of hydrogen-bond donors (Lipinski definition) is 0. The SMILES string of the molecule is CCOc1cc(/C=C(\C)[N+](=O)[O-])c(OC)cc1OC. The third-order valence-corrected chi connectivity index (χ3v) is 2.47. The van der Waals surface area contributed by atoms with Crippen molar-refractivity contribution >= 4 is 6.08 Å². The highest BCUT2D eigenvalue weighted by molar-refractivity contribution is 5.64. The van der Waals surface area contributed by atoms with Crippen LogP contribution >= 0.6 is 0 Å². The highest BCUT2D eigenvalue weighted by atomic mass is 16.6. The van der Waals surface area contributed by atoms with Gasteiger partial charge in [0.1, 0.15) is 5.75 Å². The topological polar surface area (TPSA) is 70.8 Å². The van der Waals surface area contributed by atoms with Crippen molar-refractivity contribution in [1.29, 1.82) is 0 Å². The van der Waals surface area contributed by atoms with Crippen molar-refractivity contribution in [3.8, 4) is 17.2 Å². The van der Waals surface area contributed by atoms with Crippen LogP contribution in [0.15, 0.2) is 17.8 Å². The summed E-state index contributed by atoms with van der Waals surface area (Å²) in [5.41, 5.74) is 0.590. The van der Waals surface area contributed by atoms with E-state index in [2.05, 4.69) is 0 Å². The Labute approximate surface area is 111 Å². The number of benzene rings is 1. The van der Waals surface area contributed by atoms with E-state index in [1.165, 1.54) is 27.2 Å². The maximum absolute atomic E-state index is 10.7. The second kappa shape index (κ2) is 6.63. The summed E-state index contributed by atoms with van der Waals surface area (Å²) < 4.78 is 15.8. The summed E-state index contributed by atoms with van der Waals surface area (Å²) in [6.07, 6.45) is 1.43. The van der Waals surface area contributed by atoms with Gasteiger partial charge in [0.15, 0.2) is 11.5 Å². The first-order chi connectivity index (χ1) is 9.03. The Kier molecular flexibility index (Phi) is 5.17. The molecule has 0 fully saturated rings. The van der Waals surface area contributed by atoms with E-state index in [4.69, 9.17) is 14.2 Å². The predicted molar refractivity (Wildman–Crippen MR) is 71.4 cm³/mol. The molecule has 1 aromatic carbocycles. The molecule has 6 heteroatoms. The van der Waals surface area contributed by atoms with Gasteiger partial charge in [0.2, 0.25) is 5.70 Å². The van der Waals surface area contributed by atoms with Gasteiger partial charge in [0, 0.05) is 24.6 Å². The van der Waals surface area contributed by atoms with Crippen molar-refractivity contribution in [2.24, 2.45) is 0 Å². The van der Waals surface area contributed by atoms with E-state index in [1.54, 1.807) is 12.1 Å². The van der Waals surface area contributed by atoms with E-state index in [0.29, 0.717) is 29.4 Å². The van der Waals surface area contributed by atoms with Crippen molar-refractivity contribution in [2.45, 2.75) is 13.8 Å². The molecule has 1 rings (SSSR count). The quantitative estimate of drug-likeness (QED) is 0.585. The number of rotatable bonds is 6. The van der Waals surface area contributed by atoms with Gasteiger partial charge >= 0.3 is 0 Å². The molecule has 0 bridgehead atoms. The zero-order chi connectivity index (χ0) is 14.4. The third-order valence-electron chi connectivity index (χ3n) is 2.47. The van der Waals surface area contributed by atoms with Crippen LogP contribution in [0.5, 0.6) is 17.2 Å². The Morgan fingerprint density at radius 3 is 2.37 bits per heavy atom. The molecule has 19 heavy (non-hydrogen) atoms. The lowest BCUT2D eigenvalue weighted by Gasteiger charge is -2.13. The van der Waals surface area contributed by atoms with Crippen molar-refractivity contribution < 1.29 is 19.1 Å². The zero-order valence-corrected chi connectivity index (χ0v) is 11.4. The first kappa shape index (κ1) is 14.8. The molecular weight excluding hydrogens is 250 g/mol. The first-order valence-corrected chi connectivity index (χ1v) is 5.75. The molecule has 0 unspecified atom stereocenters. The lowest BCUT2D eigenvalue weighted by molar-refractivity contribution is -0.422. The lowest BCUT2D eigenvalue weighted by Crippen LogP contribution is -1.99. The molecular formula is C13H17NO5. The second-order valence-electron chi connectivity index (χ2n) is 3.72. The second-order valence-corrected chi connectivity index (χ2v) is 3.72. The number of nitrogens with zero attached hydrogens (tertiary/aromatic N) is 1. The van der Waals surface area contributed by atoms with Gasteiger partial charge in [0.25, 0.3) is 0 Å². The van der Waals surface area contributed by atoms with Gasteiger partial charge in [-0.25, -0.2) is 0 Å². The number of methoxy groups -OCH3 is 2. The number of hydrogen-bond acceptors (Lipinski definition) is 5. The fourth-order valence-corrected chi connectivity index (χ4v) is 1.55. The summed E-state index contributed by atoms with van der Waals surface area (Å²) >= 11 is 0. The Hall–Kier alpha value is -2.24. The highest BCUT2D eigenvalue weighted by Crippen LogP contribution is 2.35. The average Bonchev–Trinajstić information content (AvgIpc) is 2.39. The van der Waals surface area contributed by atoms with Crippen LogP contribution in [-0.4, -0.2) is 25.7 Å². The van der Waals surface area contributed by atoms with Crippen LogP contribution in [0.25, 0.3) is 6.08 Å². The smallest absolute Gasteiger partial charge is 0.243 e. The van der Waals surface area contributed by atoms with Gasteiger partial charge in [-0.2, -0.15) is 0 Å². The number of nitro groups is 1. The third kappa shape index (κ3) is 3.61. The monoisotopic (exact) mass is 267 g/mol. The minimum atomic E-state index is -0.454. The van der Waals surface area contributed by atoms with E-state index >= 15 is 0 Å². The van der Waals surface area contributed by atoms with E-state index in [-0.39, 0.29) is 5.70 Å². The summed E-state index contributed by atoms with van der Waals surface area (Å²) in [6.45, 7) is 3.74. The van der Waals surface area contributed by atoms with Crippen molar-refractivity contribution in [3.05, 3.63) is 33.5 Å². The van der Waals surface area contributed by atoms with Gasteiger partial charge in [0.05, 0.1) is 25.7 Å². The summed E-state index contributed by atoms with van der Waals surface area (Å²) in [6, 6.07) is 3.30. The molecule has 104 valence electrons. The van der Waals surface area contributed by atoms with E-state index in [0.717, 1.165) is 0 Å². The molecule has 0 aliphatic carbocycles. The van der Waals surface area contributed by atoms with Crippen LogP contribution in [0.2, 0.25) is 0 Å². The molecule has 0 radical (unpaired) electrons. The molecule has 0 atom stereocenters. The molecule has 1 aromatic rings. The summed E-state index contributed by atoms with van der Waals surface area (Å²) in [4.78, 5) is 10.2. The van der Waals surface area contributed by atoms with Crippen molar-refractivity contribution in [2.75, 3.05) is 20.8 Å².